The summed E-state index contributed by atoms with van der Waals surface area (Å²) in [5.41, 5.74) is 3.01. The molecule has 132 valence electrons. The van der Waals surface area contributed by atoms with E-state index in [0.717, 1.165) is 16.7 Å². The first kappa shape index (κ1) is 18.5. The van der Waals surface area contributed by atoms with Gasteiger partial charge in [0, 0.05) is 5.02 Å². The van der Waals surface area contributed by atoms with Gasteiger partial charge in [0.25, 0.3) is 0 Å². The van der Waals surface area contributed by atoms with Gasteiger partial charge >= 0.3 is 5.97 Å². The zero-order valence-electron chi connectivity index (χ0n) is 14.0. The van der Waals surface area contributed by atoms with E-state index in [1.165, 1.54) is 0 Å². The van der Waals surface area contributed by atoms with Crippen LogP contribution in [-0.2, 0) is 4.79 Å². The fourth-order valence-electron chi connectivity index (χ4n) is 2.40. The van der Waals surface area contributed by atoms with Crippen molar-refractivity contribution in [3.8, 4) is 22.6 Å². The van der Waals surface area contributed by atoms with E-state index in [9.17, 15) is 4.79 Å². The molecule has 0 unspecified atom stereocenters. The van der Waals surface area contributed by atoms with Crippen molar-refractivity contribution in [2.24, 2.45) is 0 Å². The zero-order valence-corrected chi connectivity index (χ0v) is 16.4. The Morgan fingerprint density at radius 2 is 1.77 bits per heavy atom. The molecule has 5 heteroatoms. The fourth-order valence-corrected chi connectivity index (χ4v) is 2.97. The van der Waals surface area contributed by atoms with Gasteiger partial charge in [-0.2, -0.15) is 0 Å². The Morgan fingerprint density at radius 1 is 1.00 bits per heavy atom. The summed E-state index contributed by atoms with van der Waals surface area (Å²) in [6.45, 7) is 1.69. The first-order chi connectivity index (χ1) is 12.5. The second-order valence-corrected chi connectivity index (χ2v) is 6.95. The lowest BCUT2D eigenvalue weighted by Gasteiger charge is -2.10. The number of aryl methyl sites for hydroxylation is 1. The van der Waals surface area contributed by atoms with E-state index in [0.29, 0.717) is 21.0 Å². The van der Waals surface area contributed by atoms with Gasteiger partial charge in [0.1, 0.15) is 11.5 Å². The Kier molecular flexibility index (Phi) is 5.96. The van der Waals surface area contributed by atoms with Crippen LogP contribution in [0.2, 0.25) is 5.02 Å². The maximum Gasteiger partial charge on any atom is 0.349 e. The molecule has 0 fully saturated rings. The lowest BCUT2D eigenvalue weighted by Crippen LogP contribution is -2.17. The Labute approximate surface area is 165 Å². The molecule has 0 aromatic heterocycles. The van der Waals surface area contributed by atoms with Gasteiger partial charge in [-0.25, -0.2) is 4.79 Å². The smallest absolute Gasteiger partial charge is 0.349 e. The highest BCUT2D eigenvalue weighted by Crippen LogP contribution is 2.31. The normalized spacial score (nSPS) is 10.4. The van der Waals surface area contributed by atoms with Gasteiger partial charge < -0.3 is 9.47 Å². The third-order valence-corrected chi connectivity index (χ3v) is 4.79. The lowest BCUT2D eigenvalue weighted by atomic mass is 10.1. The lowest BCUT2D eigenvalue weighted by molar-refractivity contribution is -0.136. The summed E-state index contributed by atoms with van der Waals surface area (Å²) in [6, 6.07) is 20.8. The van der Waals surface area contributed by atoms with Gasteiger partial charge in [-0.3, -0.25) is 0 Å². The van der Waals surface area contributed by atoms with Crippen LogP contribution in [0.1, 0.15) is 5.56 Å². The van der Waals surface area contributed by atoms with E-state index in [-0.39, 0.29) is 6.61 Å². The first-order valence-corrected chi connectivity index (χ1v) is 9.14. The zero-order chi connectivity index (χ0) is 18.5. The molecule has 0 atom stereocenters. The van der Waals surface area contributed by atoms with Crippen LogP contribution in [0.3, 0.4) is 0 Å². The minimum absolute atomic E-state index is 0.187. The van der Waals surface area contributed by atoms with E-state index in [1.807, 2.05) is 49.4 Å². The van der Waals surface area contributed by atoms with Crippen LogP contribution in [0.4, 0.5) is 0 Å². The predicted molar refractivity (Wildman–Crippen MR) is 107 cm³/mol. The second kappa shape index (κ2) is 8.39. The molecule has 0 heterocycles. The summed E-state index contributed by atoms with van der Waals surface area (Å²) in [7, 11) is 0. The Hall–Kier alpha value is -2.30. The second-order valence-electron chi connectivity index (χ2n) is 5.68. The van der Waals surface area contributed by atoms with Gasteiger partial charge in [0.05, 0.1) is 4.47 Å². The number of halogens is 2. The molecule has 0 saturated carbocycles. The molecular weight excluding hydrogens is 416 g/mol. The standard InChI is InChI=1S/C21H16BrClO3/c1-14-11-17(8-9-19(14)23)25-13-21(24)26-20-10-7-16(12-18(20)22)15-5-3-2-4-6-15/h2-12H,13H2,1H3. The number of hydrogen-bond donors (Lipinski definition) is 0. The monoisotopic (exact) mass is 430 g/mol. The molecule has 3 nitrogen and oxygen atoms in total. The molecule has 3 rings (SSSR count). The van der Waals surface area contributed by atoms with Gasteiger partial charge in [-0.05, 0) is 69.9 Å². The highest BCUT2D eigenvalue weighted by atomic mass is 79.9. The van der Waals surface area contributed by atoms with E-state index in [2.05, 4.69) is 15.9 Å². The molecule has 0 saturated heterocycles. The van der Waals surface area contributed by atoms with Crippen molar-refractivity contribution in [2.45, 2.75) is 6.92 Å². The highest BCUT2D eigenvalue weighted by Gasteiger charge is 2.11. The molecule has 0 N–H and O–H groups in total. The molecule has 0 spiro atoms. The molecule has 26 heavy (non-hydrogen) atoms. The van der Waals surface area contributed by atoms with Crippen LogP contribution in [0.15, 0.2) is 71.2 Å². The molecule has 3 aromatic rings. The average Bonchev–Trinajstić information content (AvgIpc) is 2.65. The number of ether oxygens (including phenoxy) is 2. The molecule has 0 radical (unpaired) electrons. The number of carbonyl (C=O) groups is 1. The summed E-state index contributed by atoms with van der Waals surface area (Å²) in [6.07, 6.45) is 0. The summed E-state index contributed by atoms with van der Waals surface area (Å²) >= 11 is 9.43. The summed E-state index contributed by atoms with van der Waals surface area (Å²) in [5, 5.41) is 0.655. The van der Waals surface area contributed by atoms with Crippen LogP contribution in [0, 0.1) is 6.92 Å². The van der Waals surface area contributed by atoms with Crippen molar-refractivity contribution < 1.29 is 14.3 Å². The maximum absolute atomic E-state index is 12.1. The van der Waals surface area contributed by atoms with Crippen LogP contribution < -0.4 is 9.47 Å². The average molecular weight is 432 g/mol. The van der Waals surface area contributed by atoms with Crippen molar-refractivity contribution in [1.29, 1.82) is 0 Å². The van der Waals surface area contributed by atoms with Crippen molar-refractivity contribution in [3.63, 3.8) is 0 Å². The Morgan fingerprint density at radius 3 is 2.46 bits per heavy atom. The number of carbonyl (C=O) groups excluding carboxylic acids is 1. The van der Waals surface area contributed by atoms with Crippen molar-refractivity contribution in [2.75, 3.05) is 6.61 Å². The van der Waals surface area contributed by atoms with Gasteiger partial charge in [-0.1, -0.05) is 48.0 Å². The van der Waals surface area contributed by atoms with Crippen molar-refractivity contribution >= 4 is 33.5 Å². The molecule has 0 amide bonds. The summed E-state index contributed by atoms with van der Waals surface area (Å²) < 4.78 is 11.5. The van der Waals surface area contributed by atoms with Crippen LogP contribution in [0.5, 0.6) is 11.5 Å². The van der Waals surface area contributed by atoms with Crippen molar-refractivity contribution in [1.82, 2.24) is 0 Å². The largest absolute Gasteiger partial charge is 0.482 e. The first-order valence-electron chi connectivity index (χ1n) is 7.97. The van der Waals surface area contributed by atoms with Crippen LogP contribution in [-0.4, -0.2) is 12.6 Å². The molecule has 0 aliphatic heterocycles. The van der Waals surface area contributed by atoms with E-state index in [4.69, 9.17) is 21.1 Å². The molecule has 0 bridgehead atoms. The quantitative estimate of drug-likeness (QED) is 0.364. The number of esters is 1. The predicted octanol–water partition coefficient (Wildman–Crippen LogP) is 6.06. The molecule has 0 aliphatic carbocycles. The van der Waals surface area contributed by atoms with Gasteiger partial charge in [0.2, 0.25) is 0 Å². The van der Waals surface area contributed by atoms with Crippen LogP contribution in [0.25, 0.3) is 11.1 Å². The van der Waals surface area contributed by atoms with Gasteiger partial charge in [0.15, 0.2) is 6.61 Å². The third kappa shape index (κ3) is 4.65. The van der Waals surface area contributed by atoms with Gasteiger partial charge in [-0.15, -0.1) is 0 Å². The number of rotatable bonds is 5. The number of benzene rings is 3. The van der Waals surface area contributed by atoms with E-state index >= 15 is 0 Å². The van der Waals surface area contributed by atoms with E-state index < -0.39 is 5.97 Å². The third-order valence-electron chi connectivity index (χ3n) is 3.75. The Bertz CT molecular complexity index is 926. The highest BCUT2D eigenvalue weighted by molar-refractivity contribution is 9.10. The number of hydrogen-bond acceptors (Lipinski definition) is 3. The molecular formula is C21H16BrClO3. The maximum atomic E-state index is 12.1. The molecule has 0 aliphatic rings. The summed E-state index contributed by atoms with van der Waals surface area (Å²) in [5.74, 6) is 0.540. The van der Waals surface area contributed by atoms with Crippen LogP contribution >= 0.6 is 27.5 Å². The SMILES string of the molecule is Cc1cc(OCC(=O)Oc2ccc(-c3ccccc3)cc2Br)ccc1Cl. The van der Waals surface area contributed by atoms with Crippen molar-refractivity contribution in [3.05, 3.63) is 81.8 Å². The minimum Gasteiger partial charge on any atom is -0.482 e. The Balaban J connectivity index is 1.63. The minimum atomic E-state index is -0.481. The summed E-state index contributed by atoms with van der Waals surface area (Å²) in [4.78, 5) is 12.1. The topological polar surface area (TPSA) is 35.5 Å². The molecule has 3 aromatic carbocycles. The van der Waals surface area contributed by atoms with E-state index in [1.54, 1.807) is 24.3 Å². The fraction of sp³-hybridized carbons (Fsp3) is 0.0952.